The van der Waals surface area contributed by atoms with Crippen molar-refractivity contribution in [2.24, 2.45) is 5.10 Å². The molecule has 0 saturated heterocycles. The molecule has 0 aliphatic carbocycles. The molecule has 148 valence electrons. The number of hydrogen-bond acceptors (Lipinski definition) is 6. The zero-order chi connectivity index (χ0) is 20.4. The lowest BCUT2D eigenvalue weighted by molar-refractivity contribution is -0.123. The van der Waals surface area contributed by atoms with Crippen LogP contribution in [-0.2, 0) is 11.2 Å². The van der Waals surface area contributed by atoms with Crippen LogP contribution in [0.5, 0.6) is 23.0 Å². The predicted octanol–water partition coefficient (Wildman–Crippen LogP) is 3.06. The van der Waals surface area contributed by atoms with Gasteiger partial charge in [-0.1, -0.05) is 12.1 Å². The highest BCUT2D eigenvalue weighted by atomic mass is 16.5. The molecule has 0 aromatic heterocycles. The third-order valence-corrected chi connectivity index (χ3v) is 3.65. The molecule has 2 rings (SSSR count). The van der Waals surface area contributed by atoms with Gasteiger partial charge < -0.3 is 19.3 Å². The van der Waals surface area contributed by atoms with E-state index in [0.717, 1.165) is 5.56 Å². The largest absolute Gasteiger partial charge is 0.504 e. The highest BCUT2D eigenvalue weighted by Gasteiger charge is 2.08. The number of carbonyl (C=O) groups excluding carboxylic acids is 1. The molecule has 0 saturated carbocycles. The minimum atomic E-state index is -0.419. The number of rotatable bonds is 10. The van der Waals surface area contributed by atoms with Crippen LogP contribution in [0.2, 0.25) is 0 Å². The van der Waals surface area contributed by atoms with Gasteiger partial charge in [0.1, 0.15) is 0 Å². The van der Waals surface area contributed by atoms with Crippen LogP contribution in [0.25, 0.3) is 0 Å². The third kappa shape index (κ3) is 6.05. The van der Waals surface area contributed by atoms with Crippen molar-refractivity contribution in [3.05, 3.63) is 60.2 Å². The fourth-order valence-corrected chi connectivity index (χ4v) is 2.36. The third-order valence-electron chi connectivity index (χ3n) is 3.65. The molecule has 7 nitrogen and oxygen atoms in total. The lowest BCUT2D eigenvalue weighted by atomic mass is 10.1. The van der Waals surface area contributed by atoms with E-state index in [9.17, 15) is 9.90 Å². The molecule has 7 heteroatoms. The average Bonchev–Trinajstić information content (AvgIpc) is 2.69. The first-order valence-electron chi connectivity index (χ1n) is 8.75. The van der Waals surface area contributed by atoms with Crippen LogP contribution in [0, 0.1) is 0 Å². The number of benzene rings is 2. The van der Waals surface area contributed by atoms with Gasteiger partial charge in [0.05, 0.1) is 19.9 Å². The number of nitrogens with one attached hydrogen (secondary N) is 1. The molecular formula is C21H24N2O5. The van der Waals surface area contributed by atoms with Crippen molar-refractivity contribution < 1.29 is 24.1 Å². The molecule has 0 unspecified atom stereocenters. The van der Waals surface area contributed by atoms with Gasteiger partial charge in [-0.15, -0.1) is 6.58 Å². The van der Waals surface area contributed by atoms with Gasteiger partial charge in [-0.3, -0.25) is 4.79 Å². The van der Waals surface area contributed by atoms with Gasteiger partial charge in [-0.05, 0) is 54.8 Å². The summed E-state index contributed by atoms with van der Waals surface area (Å²) >= 11 is 0. The van der Waals surface area contributed by atoms with Gasteiger partial charge in [0.25, 0.3) is 5.91 Å². The Labute approximate surface area is 164 Å². The standard InChI is InChI=1S/C21H24N2O5/c1-4-6-15-8-10-18(20(11-15)26-3)28-14-21(25)23-22-13-16-7-9-17(24)19(12-16)27-5-2/h4,7-13,24H,1,5-6,14H2,2-3H3,(H,23,25)/b22-13-. The number of methoxy groups -OCH3 is 1. The Morgan fingerprint density at radius 3 is 2.71 bits per heavy atom. The minimum absolute atomic E-state index is 0.0458. The number of phenolic OH excluding ortho intramolecular Hbond substituents is 1. The molecule has 0 aliphatic heterocycles. The first-order chi connectivity index (χ1) is 13.6. The second-order valence-electron chi connectivity index (χ2n) is 5.72. The number of nitrogens with zero attached hydrogens (tertiary/aromatic N) is 1. The van der Waals surface area contributed by atoms with Crippen LogP contribution >= 0.6 is 0 Å². The van der Waals surface area contributed by atoms with E-state index in [4.69, 9.17) is 14.2 Å². The number of amides is 1. The van der Waals surface area contributed by atoms with E-state index >= 15 is 0 Å². The van der Waals surface area contributed by atoms with E-state index in [1.54, 1.807) is 31.4 Å². The number of aromatic hydroxyl groups is 1. The normalized spacial score (nSPS) is 10.5. The molecule has 0 fully saturated rings. The summed E-state index contributed by atoms with van der Waals surface area (Å²) in [6, 6.07) is 10.3. The topological polar surface area (TPSA) is 89.4 Å². The smallest absolute Gasteiger partial charge is 0.277 e. The fraction of sp³-hybridized carbons (Fsp3) is 0.238. The first-order valence-corrected chi connectivity index (χ1v) is 8.75. The summed E-state index contributed by atoms with van der Waals surface area (Å²) < 4.78 is 16.1. The quantitative estimate of drug-likeness (QED) is 0.373. The summed E-state index contributed by atoms with van der Waals surface area (Å²) in [6.45, 7) is 5.74. The van der Waals surface area contributed by atoms with E-state index in [-0.39, 0.29) is 12.4 Å². The zero-order valence-corrected chi connectivity index (χ0v) is 16.0. The van der Waals surface area contributed by atoms with Gasteiger partial charge in [0.15, 0.2) is 29.6 Å². The van der Waals surface area contributed by atoms with Crippen LogP contribution in [0.4, 0.5) is 0 Å². The lowest BCUT2D eigenvalue weighted by Gasteiger charge is -2.11. The molecule has 0 bridgehead atoms. The highest BCUT2D eigenvalue weighted by Crippen LogP contribution is 2.28. The Kier molecular flexibility index (Phi) is 7.90. The zero-order valence-electron chi connectivity index (χ0n) is 16.0. The number of phenols is 1. The minimum Gasteiger partial charge on any atom is -0.504 e. The van der Waals surface area contributed by atoms with Gasteiger partial charge in [0, 0.05) is 0 Å². The Morgan fingerprint density at radius 2 is 2.00 bits per heavy atom. The average molecular weight is 384 g/mol. The maximum atomic E-state index is 11.9. The van der Waals surface area contributed by atoms with Crippen molar-refractivity contribution >= 4 is 12.1 Å². The van der Waals surface area contributed by atoms with Crippen molar-refractivity contribution in [1.29, 1.82) is 0 Å². The molecule has 2 aromatic rings. The maximum Gasteiger partial charge on any atom is 0.277 e. The van der Waals surface area contributed by atoms with Gasteiger partial charge in [-0.25, -0.2) is 5.43 Å². The number of carbonyl (C=O) groups is 1. The lowest BCUT2D eigenvalue weighted by Crippen LogP contribution is -2.24. The monoisotopic (exact) mass is 384 g/mol. The molecule has 0 radical (unpaired) electrons. The van der Waals surface area contributed by atoms with E-state index in [1.165, 1.54) is 12.3 Å². The van der Waals surface area contributed by atoms with E-state index in [0.29, 0.717) is 35.8 Å². The highest BCUT2D eigenvalue weighted by molar-refractivity contribution is 5.83. The Balaban J connectivity index is 1.90. The molecule has 2 N–H and O–H groups in total. The van der Waals surface area contributed by atoms with E-state index < -0.39 is 5.91 Å². The summed E-state index contributed by atoms with van der Waals surface area (Å²) in [5, 5.41) is 13.6. The maximum absolute atomic E-state index is 11.9. The van der Waals surface area contributed by atoms with Crippen LogP contribution in [0.15, 0.2) is 54.2 Å². The molecule has 28 heavy (non-hydrogen) atoms. The Hall–Kier alpha value is -3.48. The van der Waals surface area contributed by atoms with Crippen LogP contribution in [0.3, 0.4) is 0 Å². The van der Waals surface area contributed by atoms with Crippen LogP contribution in [-0.4, -0.2) is 37.6 Å². The molecule has 0 spiro atoms. The van der Waals surface area contributed by atoms with Gasteiger partial charge >= 0.3 is 0 Å². The molecule has 0 heterocycles. The second kappa shape index (κ2) is 10.6. The van der Waals surface area contributed by atoms with Crippen molar-refractivity contribution in [1.82, 2.24) is 5.43 Å². The fourth-order valence-electron chi connectivity index (χ4n) is 2.36. The van der Waals surface area contributed by atoms with Crippen molar-refractivity contribution in [3.63, 3.8) is 0 Å². The second-order valence-corrected chi connectivity index (χ2v) is 5.72. The summed E-state index contributed by atoms with van der Waals surface area (Å²) in [5.41, 5.74) is 4.09. The SMILES string of the molecule is C=CCc1ccc(OCC(=O)N/N=C\c2ccc(O)c(OCC)c2)c(OC)c1. The van der Waals surface area contributed by atoms with Crippen LogP contribution < -0.4 is 19.6 Å². The van der Waals surface area contributed by atoms with Crippen molar-refractivity contribution in [2.75, 3.05) is 20.3 Å². The summed E-state index contributed by atoms with van der Waals surface area (Å²) in [6.07, 6.45) is 3.96. The molecule has 0 aliphatic rings. The molecular weight excluding hydrogens is 360 g/mol. The predicted molar refractivity (Wildman–Crippen MR) is 107 cm³/mol. The Morgan fingerprint density at radius 1 is 1.18 bits per heavy atom. The number of hydrazone groups is 1. The van der Waals surface area contributed by atoms with Crippen LogP contribution in [0.1, 0.15) is 18.1 Å². The molecule has 1 amide bonds. The van der Waals surface area contributed by atoms with Gasteiger partial charge in [-0.2, -0.15) is 5.10 Å². The van der Waals surface area contributed by atoms with E-state index in [1.807, 2.05) is 19.1 Å². The summed E-state index contributed by atoms with van der Waals surface area (Å²) in [4.78, 5) is 11.9. The van der Waals surface area contributed by atoms with E-state index in [2.05, 4.69) is 17.1 Å². The number of hydrogen-bond donors (Lipinski definition) is 2. The molecule has 2 aromatic carbocycles. The summed E-state index contributed by atoms with van der Waals surface area (Å²) in [5.74, 6) is 0.993. The molecule has 0 atom stereocenters. The van der Waals surface area contributed by atoms with Gasteiger partial charge in [0.2, 0.25) is 0 Å². The van der Waals surface area contributed by atoms with Crippen molar-refractivity contribution in [2.45, 2.75) is 13.3 Å². The van der Waals surface area contributed by atoms with Crippen molar-refractivity contribution in [3.8, 4) is 23.0 Å². The first kappa shape index (κ1) is 20.8. The Bertz CT molecular complexity index is 849. The number of allylic oxidation sites excluding steroid dienone is 1. The number of ether oxygens (including phenoxy) is 3. The summed E-state index contributed by atoms with van der Waals surface area (Å²) in [7, 11) is 1.54.